The first-order chi connectivity index (χ1) is 5.58. The normalized spacial score (nSPS) is 36.8. The fourth-order valence-electron chi connectivity index (χ4n) is 2.74. The minimum absolute atomic E-state index is 0.142. The Morgan fingerprint density at radius 2 is 1.75 bits per heavy atom. The van der Waals surface area contributed by atoms with E-state index in [-0.39, 0.29) is 12.8 Å². The third-order valence-electron chi connectivity index (χ3n) is 3.83. The summed E-state index contributed by atoms with van der Waals surface area (Å²) in [4.78, 5) is 0. The largest absolute Gasteiger partial charge is 0.248 e. The highest BCUT2D eigenvalue weighted by atomic mass is 19.3. The molecule has 2 heteroatoms. The molecule has 0 amide bonds. The van der Waals surface area contributed by atoms with Gasteiger partial charge in [0.05, 0.1) is 0 Å². The van der Waals surface area contributed by atoms with E-state index in [4.69, 9.17) is 0 Å². The molecule has 0 unspecified atom stereocenters. The fourth-order valence-corrected chi connectivity index (χ4v) is 2.74. The molecule has 2 aliphatic carbocycles. The standard InChI is InChI=1S/C10H16F2/c1-2-8-7-9(8)3-5-10(11,12)6-4-9/h8H,2-7H2,1H3/t8-/m1/s1. The Labute approximate surface area is 72.3 Å². The Balaban J connectivity index is 1.92. The van der Waals surface area contributed by atoms with Crippen molar-refractivity contribution in [3.05, 3.63) is 0 Å². The van der Waals surface area contributed by atoms with Gasteiger partial charge in [-0.3, -0.25) is 0 Å². The molecule has 0 aromatic heterocycles. The van der Waals surface area contributed by atoms with Crippen LogP contribution in [-0.4, -0.2) is 5.92 Å². The molecule has 1 spiro atoms. The molecule has 1 atom stereocenters. The first-order valence-corrected chi connectivity index (χ1v) is 4.96. The van der Waals surface area contributed by atoms with Gasteiger partial charge in [0.2, 0.25) is 5.92 Å². The van der Waals surface area contributed by atoms with E-state index in [2.05, 4.69) is 6.92 Å². The van der Waals surface area contributed by atoms with Gasteiger partial charge in [0.15, 0.2) is 0 Å². The van der Waals surface area contributed by atoms with Crippen molar-refractivity contribution in [2.24, 2.45) is 11.3 Å². The van der Waals surface area contributed by atoms with Crippen molar-refractivity contribution in [2.45, 2.75) is 51.4 Å². The number of hydrogen-bond acceptors (Lipinski definition) is 0. The lowest BCUT2D eigenvalue weighted by Gasteiger charge is -2.29. The summed E-state index contributed by atoms with van der Waals surface area (Å²) in [5.74, 6) is -1.57. The maximum atomic E-state index is 12.8. The maximum Gasteiger partial charge on any atom is 0.248 e. The van der Waals surface area contributed by atoms with Crippen LogP contribution < -0.4 is 0 Å². The summed E-state index contributed by atoms with van der Waals surface area (Å²) in [5, 5.41) is 0. The van der Waals surface area contributed by atoms with Crippen LogP contribution >= 0.6 is 0 Å². The van der Waals surface area contributed by atoms with Gasteiger partial charge in [-0.1, -0.05) is 13.3 Å². The molecule has 0 N–H and O–H groups in total. The first kappa shape index (κ1) is 8.46. The molecule has 0 nitrogen and oxygen atoms in total. The predicted octanol–water partition coefficient (Wildman–Crippen LogP) is 3.61. The van der Waals surface area contributed by atoms with Gasteiger partial charge < -0.3 is 0 Å². The molecule has 2 rings (SSSR count). The fraction of sp³-hybridized carbons (Fsp3) is 1.00. The SMILES string of the molecule is CC[C@@H]1CC12CCC(F)(F)CC2. The zero-order valence-electron chi connectivity index (χ0n) is 7.58. The van der Waals surface area contributed by atoms with Crippen LogP contribution in [0.3, 0.4) is 0 Å². The van der Waals surface area contributed by atoms with Crippen LogP contribution in [0.2, 0.25) is 0 Å². The van der Waals surface area contributed by atoms with Gasteiger partial charge in [0.25, 0.3) is 0 Å². The molecule has 2 fully saturated rings. The molecule has 0 aromatic carbocycles. The molecular weight excluding hydrogens is 158 g/mol. The molecule has 0 radical (unpaired) electrons. The average Bonchev–Trinajstić information content (AvgIpc) is 2.72. The van der Waals surface area contributed by atoms with E-state index >= 15 is 0 Å². The van der Waals surface area contributed by atoms with Crippen molar-refractivity contribution >= 4 is 0 Å². The van der Waals surface area contributed by atoms with Crippen LogP contribution in [-0.2, 0) is 0 Å². The zero-order chi connectivity index (χ0) is 8.82. The maximum absolute atomic E-state index is 12.8. The highest BCUT2D eigenvalue weighted by molar-refractivity contribution is 5.04. The predicted molar refractivity (Wildman–Crippen MR) is 44.2 cm³/mol. The Morgan fingerprint density at radius 3 is 2.17 bits per heavy atom. The van der Waals surface area contributed by atoms with Gasteiger partial charge in [0, 0.05) is 12.8 Å². The van der Waals surface area contributed by atoms with Gasteiger partial charge in [-0.2, -0.15) is 0 Å². The minimum Gasteiger partial charge on any atom is -0.207 e. The third-order valence-corrected chi connectivity index (χ3v) is 3.83. The molecule has 0 aliphatic heterocycles. The lowest BCUT2D eigenvalue weighted by Crippen LogP contribution is -2.26. The Bertz CT molecular complexity index is 176. The van der Waals surface area contributed by atoms with E-state index in [0.29, 0.717) is 5.41 Å². The molecule has 2 aliphatic rings. The second kappa shape index (κ2) is 2.43. The second-order valence-corrected chi connectivity index (χ2v) is 4.53. The van der Waals surface area contributed by atoms with Gasteiger partial charge in [-0.05, 0) is 30.6 Å². The molecule has 0 aromatic rings. The van der Waals surface area contributed by atoms with Crippen LogP contribution in [0.25, 0.3) is 0 Å². The Morgan fingerprint density at radius 1 is 1.17 bits per heavy atom. The van der Waals surface area contributed by atoms with Crippen molar-refractivity contribution in [1.29, 1.82) is 0 Å². The zero-order valence-corrected chi connectivity index (χ0v) is 7.58. The molecule has 0 bridgehead atoms. The summed E-state index contributed by atoms with van der Waals surface area (Å²) >= 11 is 0. The Hall–Kier alpha value is -0.140. The van der Waals surface area contributed by atoms with Crippen LogP contribution in [0.5, 0.6) is 0 Å². The highest BCUT2D eigenvalue weighted by Gasteiger charge is 2.56. The average molecular weight is 174 g/mol. The number of halogens is 2. The highest BCUT2D eigenvalue weighted by Crippen LogP contribution is 2.64. The number of alkyl halides is 2. The summed E-state index contributed by atoms with van der Waals surface area (Å²) < 4.78 is 25.6. The van der Waals surface area contributed by atoms with Crippen LogP contribution in [0.1, 0.15) is 45.4 Å². The van der Waals surface area contributed by atoms with Crippen LogP contribution in [0.4, 0.5) is 8.78 Å². The lowest BCUT2D eigenvalue weighted by atomic mass is 9.82. The Kier molecular flexibility index (Phi) is 1.71. The summed E-state index contributed by atoms with van der Waals surface area (Å²) in [6.45, 7) is 2.17. The van der Waals surface area contributed by atoms with Crippen molar-refractivity contribution in [3.63, 3.8) is 0 Å². The smallest absolute Gasteiger partial charge is 0.207 e. The van der Waals surface area contributed by atoms with Gasteiger partial charge >= 0.3 is 0 Å². The van der Waals surface area contributed by atoms with E-state index < -0.39 is 5.92 Å². The third kappa shape index (κ3) is 1.25. The summed E-state index contributed by atoms with van der Waals surface area (Å²) in [6, 6.07) is 0. The lowest BCUT2D eigenvalue weighted by molar-refractivity contribution is -0.0518. The summed E-state index contributed by atoms with van der Waals surface area (Å²) in [6.07, 6.45) is 4.25. The van der Waals surface area contributed by atoms with Crippen molar-refractivity contribution in [2.75, 3.05) is 0 Å². The summed E-state index contributed by atoms with van der Waals surface area (Å²) in [7, 11) is 0. The van der Waals surface area contributed by atoms with Gasteiger partial charge in [-0.25, -0.2) is 8.78 Å². The monoisotopic (exact) mass is 174 g/mol. The van der Waals surface area contributed by atoms with Crippen LogP contribution in [0, 0.1) is 11.3 Å². The van der Waals surface area contributed by atoms with E-state index in [1.165, 1.54) is 12.8 Å². The van der Waals surface area contributed by atoms with Gasteiger partial charge in [0.1, 0.15) is 0 Å². The molecular formula is C10H16F2. The molecule has 70 valence electrons. The first-order valence-electron chi connectivity index (χ1n) is 4.96. The van der Waals surface area contributed by atoms with E-state index in [1.807, 2.05) is 0 Å². The molecule has 0 heterocycles. The van der Waals surface area contributed by atoms with E-state index in [9.17, 15) is 8.78 Å². The van der Waals surface area contributed by atoms with Crippen molar-refractivity contribution in [3.8, 4) is 0 Å². The summed E-state index contributed by atoms with van der Waals surface area (Å²) in [5.41, 5.74) is 0.371. The molecule has 2 saturated carbocycles. The number of rotatable bonds is 1. The van der Waals surface area contributed by atoms with Crippen LogP contribution in [0.15, 0.2) is 0 Å². The van der Waals surface area contributed by atoms with E-state index in [1.54, 1.807) is 0 Å². The number of hydrogen-bond donors (Lipinski definition) is 0. The van der Waals surface area contributed by atoms with Crippen molar-refractivity contribution < 1.29 is 8.78 Å². The van der Waals surface area contributed by atoms with E-state index in [0.717, 1.165) is 18.8 Å². The second-order valence-electron chi connectivity index (χ2n) is 4.53. The quantitative estimate of drug-likeness (QED) is 0.569. The van der Waals surface area contributed by atoms with Gasteiger partial charge in [-0.15, -0.1) is 0 Å². The molecule has 0 saturated heterocycles. The van der Waals surface area contributed by atoms with Crippen molar-refractivity contribution in [1.82, 2.24) is 0 Å². The molecule has 12 heavy (non-hydrogen) atoms. The topological polar surface area (TPSA) is 0 Å². The minimum atomic E-state index is -2.34.